The number of aromatic nitrogens is 1. The molecule has 5 aromatic rings. The van der Waals surface area contributed by atoms with E-state index in [9.17, 15) is 14.4 Å². The van der Waals surface area contributed by atoms with Gasteiger partial charge in [-0.1, -0.05) is 36.9 Å². The minimum absolute atomic E-state index is 0.181. The van der Waals surface area contributed by atoms with Crippen molar-refractivity contribution in [3.8, 4) is 22.8 Å². The van der Waals surface area contributed by atoms with Crippen LogP contribution in [0.25, 0.3) is 33.1 Å². The summed E-state index contributed by atoms with van der Waals surface area (Å²) >= 11 is 0. The van der Waals surface area contributed by atoms with Crippen LogP contribution in [0.2, 0.25) is 0 Å². The Morgan fingerprint density at radius 2 is 1.52 bits per heavy atom. The first-order chi connectivity index (χ1) is 20.5. The molecule has 0 unspecified atom stereocenters. The van der Waals surface area contributed by atoms with Crippen LogP contribution >= 0.6 is 0 Å². The highest BCUT2D eigenvalue weighted by Crippen LogP contribution is 2.26. The maximum atomic E-state index is 12.8. The lowest BCUT2D eigenvalue weighted by Gasteiger charge is -2.08. The summed E-state index contributed by atoms with van der Waals surface area (Å²) in [5.74, 6) is 0.0782. The summed E-state index contributed by atoms with van der Waals surface area (Å²) in [6.45, 7) is 4.30. The van der Waals surface area contributed by atoms with E-state index in [1.54, 1.807) is 48.5 Å². The fourth-order valence-electron chi connectivity index (χ4n) is 4.43. The maximum Gasteiger partial charge on any atom is 0.363 e. The number of fused-ring (bicyclic) bond motifs is 3. The summed E-state index contributed by atoms with van der Waals surface area (Å²) in [5, 5.41) is 1.79. The molecule has 0 aliphatic rings. The minimum atomic E-state index is -0.544. The Hall–Kier alpha value is -5.24. The molecule has 0 saturated heterocycles. The predicted octanol–water partition coefficient (Wildman–Crippen LogP) is 6.90. The largest absolute Gasteiger partial charge is 0.494 e. The molecule has 0 aliphatic carbocycles. The maximum absolute atomic E-state index is 12.8. The number of carbonyl (C=O) groups excluding carboxylic acids is 2. The lowest BCUT2D eigenvalue weighted by atomic mass is 10.1. The molecule has 0 spiro atoms. The fourth-order valence-corrected chi connectivity index (χ4v) is 4.43. The lowest BCUT2D eigenvalue weighted by Crippen LogP contribution is -2.09. The van der Waals surface area contributed by atoms with Crippen molar-refractivity contribution in [1.29, 1.82) is 0 Å². The Morgan fingerprint density at radius 3 is 2.29 bits per heavy atom. The van der Waals surface area contributed by atoms with Gasteiger partial charge < -0.3 is 18.6 Å². The summed E-state index contributed by atoms with van der Waals surface area (Å²) in [4.78, 5) is 41.0. The number of benzene rings is 4. The van der Waals surface area contributed by atoms with Gasteiger partial charge in [-0.15, -0.1) is 0 Å². The monoisotopic (exact) mass is 563 g/mol. The third-order valence-corrected chi connectivity index (χ3v) is 6.63. The topological polar surface area (TPSA) is 105 Å². The number of nitrogens with zero attached hydrogens (tertiary/aromatic N) is 1. The SMILES string of the molecule is C=CC(=O)OCCCCCCOc1ccc(C(=O)Oc2ccc(-c3nc4ccc5ccccc5c4oc3=O)cc2)cc1. The van der Waals surface area contributed by atoms with Gasteiger partial charge >= 0.3 is 17.6 Å². The molecule has 212 valence electrons. The van der Waals surface area contributed by atoms with E-state index in [2.05, 4.69) is 11.6 Å². The van der Waals surface area contributed by atoms with Crippen LogP contribution < -0.4 is 15.1 Å². The van der Waals surface area contributed by atoms with Crippen LogP contribution in [0.4, 0.5) is 0 Å². The van der Waals surface area contributed by atoms with E-state index in [4.69, 9.17) is 18.6 Å². The normalized spacial score (nSPS) is 10.9. The van der Waals surface area contributed by atoms with Crippen LogP contribution in [0.15, 0.2) is 107 Å². The number of carbonyl (C=O) groups is 2. The second kappa shape index (κ2) is 13.4. The summed E-state index contributed by atoms with van der Waals surface area (Å²) in [7, 11) is 0. The lowest BCUT2D eigenvalue weighted by molar-refractivity contribution is -0.137. The van der Waals surface area contributed by atoms with Crippen molar-refractivity contribution in [2.45, 2.75) is 25.7 Å². The molecule has 0 bridgehead atoms. The van der Waals surface area contributed by atoms with Crippen LogP contribution in [0.3, 0.4) is 0 Å². The van der Waals surface area contributed by atoms with Crippen molar-refractivity contribution in [3.63, 3.8) is 0 Å². The molecular weight excluding hydrogens is 534 g/mol. The number of esters is 2. The summed E-state index contributed by atoms with van der Waals surface area (Å²) in [6, 6.07) is 24.7. The highest BCUT2D eigenvalue weighted by atomic mass is 16.5. The molecule has 8 nitrogen and oxygen atoms in total. The van der Waals surface area contributed by atoms with Gasteiger partial charge in [-0.05, 0) is 85.7 Å². The molecule has 0 amide bonds. The molecular formula is C34H29NO7. The standard InChI is InChI=1S/C34H29NO7/c1-2-30(36)40-22-8-4-3-7-21-39-26-16-13-25(14-17-26)33(37)41-27-18-11-24(12-19-27)31-34(38)42-32-28-10-6-5-9-23(28)15-20-29(32)35-31/h2,5-6,9-20H,1,3-4,7-8,21-22H2. The molecule has 4 aromatic carbocycles. The second-order valence-electron chi connectivity index (χ2n) is 9.56. The van der Waals surface area contributed by atoms with Crippen LogP contribution in [0.1, 0.15) is 36.0 Å². The third-order valence-electron chi connectivity index (χ3n) is 6.63. The molecule has 42 heavy (non-hydrogen) atoms. The Kier molecular flexibility index (Phi) is 9.03. The number of rotatable bonds is 12. The molecule has 0 N–H and O–H groups in total. The van der Waals surface area contributed by atoms with Gasteiger partial charge in [0.2, 0.25) is 0 Å². The van der Waals surface area contributed by atoms with E-state index >= 15 is 0 Å². The Balaban J connectivity index is 1.13. The first kappa shape index (κ1) is 28.3. The van der Waals surface area contributed by atoms with Gasteiger partial charge in [0, 0.05) is 17.0 Å². The number of ether oxygens (including phenoxy) is 3. The van der Waals surface area contributed by atoms with E-state index in [1.165, 1.54) is 0 Å². The highest BCUT2D eigenvalue weighted by molar-refractivity contribution is 6.02. The molecule has 1 heterocycles. The third kappa shape index (κ3) is 6.90. The first-order valence-electron chi connectivity index (χ1n) is 13.7. The Morgan fingerprint density at radius 1 is 0.810 bits per heavy atom. The highest BCUT2D eigenvalue weighted by Gasteiger charge is 2.14. The number of unbranched alkanes of at least 4 members (excludes halogenated alkanes) is 3. The molecule has 0 fully saturated rings. The van der Waals surface area contributed by atoms with E-state index in [0.29, 0.717) is 46.9 Å². The van der Waals surface area contributed by atoms with E-state index < -0.39 is 17.6 Å². The molecule has 1 aromatic heterocycles. The minimum Gasteiger partial charge on any atom is -0.494 e. The van der Waals surface area contributed by atoms with Gasteiger partial charge in [0.15, 0.2) is 11.3 Å². The van der Waals surface area contributed by atoms with Crippen molar-refractivity contribution in [3.05, 3.63) is 114 Å². The Bertz CT molecular complexity index is 1770. The van der Waals surface area contributed by atoms with Gasteiger partial charge in [0.1, 0.15) is 17.0 Å². The zero-order chi connectivity index (χ0) is 29.3. The molecule has 0 atom stereocenters. The first-order valence-corrected chi connectivity index (χ1v) is 13.7. The van der Waals surface area contributed by atoms with Crippen molar-refractivity contribution >= 4 is 33.8 Å². The summed E-state index contributed by atoms with van der Waals surface area (Å²) < 4.78 is 21.8. The average molecular weight is 564 g/mol. The van der Waals surface area contributed by atoms with Crippen molar-refractivity contribution < 1.29 is 28.2 Å². The van der Waals surface area contributed by atoms with Crippen LogP contribution in [-0.2, 0) is 9.53 Å². The molecule has 0 radical (unpaired) electrons. The van der Waals surface area contributed by atoms with E-state index in [-0.39, 0.29) is 5.69 Å². The molecule has 0 saturated carbocycles. The van der Waals surface area contributed by atoms with Gasteiger partial charge in [0.25, 0.3) is 0 Å². The second-order valence-corrected chi connectivity index (χ2v) is 9.56. The summed E-state index contributed by atoms with van der Waals surface area (Å²) in [6.07, 6.45) is 4.71. The van der Waals surface area contributed by atoms with Crippen LogP contribution in [0, 0.1) is 0 Å². The quantitative estimate of drug-likeness (QED) is 0.0531. The molecule has 0 aliphatic heterocycles. The fraction of sp³-hybridized carbons (Fsp3) is 0.176. The number of hydrogen-bond acceptors (Lipinski definition) is 8. The predicted molar refractivity (Wildman–Crippen MR) is 160 cm³/mol. The van der Waals surface area contributed by atoms with E-state index in [1.807, 2.05) is 36.4 Å². The summed E-state index contributed by atoms with van der Waals surface area (Å²) in [5.41, 5.74) is 1.60. The Labute approximate surface area is 242 Å². The zero-order valence-electron chi connectivity index (χ0n) is 22.9. The van der Waals surface area contributed by atoms with Gasteiger partial charge in [-0.25, -0.2) is 19.4 Å². The van der Waals surface area contributed by atoms with Crippen molar-refractivity contribution in [2.75, 3.05) is 13.2 Å². The number of hydrogen-bond donors (Lipinski definition) is 0. The van der Waals surface area contributed by atoms with Gasteiger partial charge in [0.05, 0.1) is 18.8 Å². The van der Waals surface area contributed by atoms with Gasteiger partial charge in [-0.3, -0.25) is 0 Å². The van der Waals surface area contributed by atoms with Crippen molar-refractivity contribution in [2.24, 2.45) is 0 Å². The van der Waals surface area contributed by atoms with E-state index in [0.717, 1.165) is 42.5 Å². The van der Waals surface area contributed by atoms with Gasteiger partial charge in [-0.2, -0.15) is 0 Å². The molecule has 5 rings (SSSR count). The zero-order valence-corrected chi connectivity index (χ0v) is 22.9. The average Bonchev–Trinajstić information content (AvgIpc) is 3.02. The van der Waals surface area contributed by atoms with Crippen LogP contribution in [-0.4, -0.2) is 30.1 Å². The molecule has 8 heteroatoms. The van der Waals surface area contributed by atoms with Crippen LogP contribution in [0.5, 0.6) is 11.5 Å². The smallest absolute Gasteiger partial charge is 0.363 e. The van der Waals surface area contributed by atoms with Crippen molar-refractivity contribution in [1.82, 2.24) is 4.98 Å².